The first-order valence-corrected chi connectivity index (χ1v) is 6.49. The van der Waals surface area contributed by atoms with E-state index in [0.717, 1.165) is 12.1 Å². The summed E-state index contributed by atoms with van der Waals surface area (Å²) in [5.74, 6) is -1.09. The van der Waals surface area contributed by atoms with Crippen LogP contribution in [-0.4, -0.2) is 4.99 Å². The van der Waals surface area contributed by atoms with E-state index < -0.39 is 11.6 Å². The van der Waals surface area contributed by atoms with Crippen molar-refractivity contribution in [1.82, 2.24) is 0 Å². The highest BCUT2D eigenvalue weighted by atomic mass is 79.9. The number of hydrogen-bond acceptors (Lipinski definition) is 2. The molecule has 0 aliphatic heterocycles. The van der Waals surface area contributed by atoms with Crippen LogP contribution in [0.4, 0.5) is 20.2 Å². The van der Waals surface area contributed by atoms with Crippen LogP contribution < -0.4 is 11.1 Å². The molecule has 2 aromatic rings. The highest BCUT2D eigenvalue weighted by Gasteiger charge is 2.08. The third kappa shape index (κ3) is 3.27. The van der Waals surface area contributed by atoms with Crippen LogP contribution in [0, 0.1) is 11.6 Å². The van der Waals surface area contributed by atoms with E-state index in [4.69, 9.17) is 18.0 Å². The van der Waals surface area contributed by atoms with Crippen molar-refractivity contribution in [2.45, 2.75) is 0 Å². The second-order valence-electron chi connectivity index (χ2n) is 3.81. The van der Waals surface area contributed by atoms with Gasteiger partial charge < -0.3 is 11.1 Å². The summed E-state index contributed by atoms with van der Waals surface area (Å²) in [5.41, 5.74) is 6.86. The van der Waals surface area contributed by atoms with Gasteiger partial charge in [0.25, 0.3) is 0 Å². The zero-order valence-electron chi connectivity index (χ0n) is 9.58. The lowest BCUT2D eigenvalue weighted by Crippen LogP contribution is -2.08. The minimum absolute atomic E-state index is 0.0591. The highest BCUT2D eigenvalue weighted by Crippen LogP contribution is 2.26. The molecule has 0 radical (unpaired) electrons. The van der Waals surface area contributed by atoms with Gasteiger partial charge in [-0.3, -0.25) is 0 Å². The Morgan fingerprint density at radius 1 is 1.11 bits per heavy atom. The van der Waals surface area contributed by atoms with Gasteiger partial charge in [0.1, 0.15) is 16.6 Å². The van der Waals surface area contributed by atoms with E-state index in [2.05, 4.69) is 21.2 Å². The molecule has 0 saturated heterocycles. The Morgan fingerprint density at radius 3 is 2.32 bits per heavy atom. The van der Waals surface area contributed by atoms with Crippen molar-refractivity contribution >= 4 is 44.5 Å². The van der Waals surface area contributed by atoms with Crippen molar-refractivity contribution in [3.63, 3.8) is 0 Å². The second kappa shape index (κ2) is 5.63. The van der Waals surface area contributed by atoms with Gasteiger partial charge in [-0.05, 0) is 46.3 Å². The van der Waals surface area contributed by atoms with E-state index in [1.807, 2.05) is 0 Å². The molecule has 0 unspecified atom stereocenters. The summed E-state index contributed by atoms with van der Waals surface area (Å²) >= 11 is 7.75. The Morgan fingerprint density at radius 2 is 1.74 bits per heavy atom. The summed E-state index contributed by atoms with van der Waals surface area (Å²) in [6.45, 7) is 0. The largest absolute Gasteiger partial charge is 0.389 e. The monoisotopic (exact) mass is 342 g/mol. The third-order valence-electron chi connectivity index (χ3n) is 2.46. The molecule has 98 valence electrons. The number of rotatable bonds is 3. The number of anilines is 2. The van der Waals surface area contributed by atoms with Gasteiger partial charge in [-0.1, -0.05) is 12.2 Å². The Labute approximate surface area is 122 Å². The predicted molar refractivity (Wildman–Crippen MR) is 79.7 cm³/mol. The van der Waals surface area contributed by atoms with E-state index in [-0.39, 0.29) is 15.1 Å². The number of hydrogen-bond donors (Lipinski definition) is 2. The molecule has 0 amide bonds. The smallest absolute Gasteiger partial charge is 0.147 e. The van der Waals surface area contributed by atoms with Crippen molar-refractivity contribution in [2.75, 3.05) is 5.32 Å². The minimum Gasteiger partial charge on any atom is -0.389 e. The number of halogens is 3. The number of nitrogens with one attached hydrogen (secondary N) is 1. The van der Waals surface area contributed by atoms with Crippen LogP contribution in [0.2, 0.25) is 0 Å². The fourth-order valence-corrected chi connectivity index (χ4v) is 1.94. The molecule has 2 aromatic carbocycles. The normalized spacial score (nSPS) is 10.3. The first-order valence-electron chi connectivity index (χ1n) is 5.29. The van der Waals surface area contributed by atoms with Gasteiger partial charge in [-0.2, -0.15) is 0 Å². The molecular weight excluding hydrogens is 334 g/mol. The van der Waals surface area contributed by atoms with Gasteiger partial charge in [-0.15, -0.1) is 0 Å². The lowest BCUT2D eigenvalue weighted by atomic mass is 10.2. The molecule has 0 aromatic heterocycles. The van der Waals surface area contributed by atoms with E-state index >= 15 is 0 Å². The molecule has 2 rings (SSSR count). The molecular formula is C13H9BrF2N2S. The van der Waals surface area contributed by atoms with Crippen molar-refractivity contribution < 1.29 is 8.78 Å². The van der Waals surface area contributed by atoms with Crippen molar-refractivity contribution in [3.05, 3.63) is 58.1 Å². The van der Waals surface area contributed by atoms with Gasteiger partial charge in [0.15, 0.2) is 0 Å². The maximum absolute atomic E-state index is 13.6. The van der Waals surface area contributed by atoms with Gasteiger partial charge >= 0.3 is 0 Å². The van der Waals surface area contributed by atoms with Gasteiger partial charge in [0, 0.05) is 17.3 Å². The summed E-state index contributed by atoms with van der Waals surface area (Å²) in [4.78, 5) is 0.285. The molecule has 0 saturated carbocycles. The molecule has 6 heteroatoms. The first-order chi connectivity index (χ1) is 8.97. The Kier molecular flexibility index (Phi) is 4.11. The zero-order valence-corrected chi connectivity index (χ0v) is 12.0. The second-order valence-corrected chi connectivity index (χ2v) is 5.11. The average molecular weight is 343 g/mol. The summed E-state index contributed by atoms with van der Waals surface area (Å²) in [7, 11) is 0. The first kappa shape index (κ1) is 13.9. The lowest BCUT2D eigenvalue weighted by molar-refractivity contribution is 0.598. The third-order valence-corrected chi connectivity index (χ3v) is 3.30. The molecule has 0 atom stereocenters. The van der Waals surface area contributed by atoms with Crippen LogP contribution in [0.3, 0.4) is 0 Å². The highest BCUT2D eigenvalue weighted by molar-refractivity contribution is 9.10. The summed E-state index contributed by atoms with van der Waals surface area (Å²) < 4.78 is 27.1. The summed E-state index contributed by atoms with van der Waals surface area (Å²) in [6.07, 6.45) is 0. The van der Waals surface area contributed by atoms with E-state index in [9.17, 15) is 8.78 Å². The molecule has 19 heavy (non-hydrogen) atoms. The SMILES string of the molecule is NC(=S)c1ccc(Nc2cc(F)c(Br)cc2F)cc1. The molecule has 3 N–H and O–H groups in total. The lowest BCUT2D eigenvalue weighted by Gasteiger charge is -2.09. The summed E-state index contributed by atoms with van der Waals surface area (Å²) in [5, 5.41) is 2.79. The fraction of sp³-hybridized carbons (Fsp3) is 0. The minimum atomic E-state index is -0.549. The van der Waals surface area contributed by atoms with Crippen molar-refractivity contribution in [2.24, 2.45) is 5.73 Å². The topological polar surface area (TPSA) is 38.0 Å². The van der Waals surface area contributed by atoms with Crippen LogP contribution in [0.1, 0.15) is 5.56 Å². The van der Waals surface area contributed by atoms with E-state index in [1.165, 1.54) is 0 Å². The van der Waals surface area contributed by atoms with Crippen LogP contribution in [0.5, 0.6) is 0 Å². The maximum atomic E-state index is 13.6. The molecule has 0 heterocycles. The average Bonchev–Trinajstić information content (AvgIpc) is 2.36. The Bertz CT molecular complexity index is 629. The number of thiocarbonyl (C=S) groups is 1. The Balaban J connectivity index is 2.26. The van der Waals surface area contributed by atoms with Crippen molar-refractivity contribution in [1.29, 1.82) is 0 Å². The van der Waals surface area contributed by atoms with Crippen LogP contribution in [0.25, 0.3) is 0 Å². The maximum Gasteiger partial charge on any atom is 0.147 e. The van der Waals surface area contributed by atoms with E-state index in [1.54, 1.807) is 24.3 Å². The van der Waals surface area contributed by atoms with Crippen LogP contribution in [-0.2, 0) is 0 Å². The molecule has 0 spiro atoms. The number of benzene rings is 2. The van der Waals surface area contributed by atoms with Crippen molar-refractivity contribution in [3.8, 4) is 0 Å². The molecule has 0 fully saturated rings. The zero-order chi connectivity index (χ0) is 14.0. The van der Waals surface area contributed by atoms with Gasteiger partial charge in [0.05, 0.1) is 10.2 Å². The summed E-state index contributed by atoms with van der Waals surface area (Å²) in [6, 6.07) is 8.94. The van der Waals surface area contributed by atoms with Crippen LogP contribution >= 0.6 is 28.1 Å². The standard InChI is InChI=1S/C13H9BrF2N2S/c14-9-5-11(16)12(6-10(9)15)18-8-3-1-7(2-4-8)13(17)19/h1-6,18H,(H2,17,19). The predicted octanol–water partition coefficient (Wildman–Crippen LogP) is 4.11. The Hall–Kier alpha value is -1.53. The van der Waals surface area contributed by atoms with Gasteiger partial charge in [-0.25, -0.2) is 8.78 Å². The molecule has 0 aliphatic rings. The number of nitrogens with two attached hydrogens (primary N) is 1. The van der Waals surface area contributed by atoms with E-state index in [0.29, 0.717) is 11.3 Å². The quantitative estimate of drug-likeness (QED) is 0.651. The molecule has 2 nitrogen and oxygen atoms in total. The fourth-order valence-electron chi connectivity index (χ4n) is 1.49. The molecule has 0 aliphatic carbocycles. The van der Waals surface area contributed by atoms with Crippen LogP contribution in [0.15, 0.2) is 40.9 Å². The molecule has 0 bridgehead atoms. The van der Waals surface area contributed by atoms with Gasteiger partial charge in [0.2, 0.25) is 0 Å².